The molecule has 2 heterocycles. The fourth-order valence-electron chi connectivity index (χ4n) is 1.46. The van der Waals surface area contributed by atoms with Gasteiger partial charge in [0.05, 0.1) is 18.0 Å². The van der Waals surface area contributed by atoms with Crippen molar-refractivity contribution in [2.24, 2.45) is 0 Å². The number of carbonyl (C=O) groups excluding carboxylic acids is 2. The zero-order valence-corrected chi connectivity index (χ0v) is 9.62. The molecule has 1 atom stereocenters. The molecule has 16 heavy (non-hydrogen) atoms. The molecule has 0 radical (unpaired) electrons. The van der Waals surface area contributed by atoms with Crippen LogP contribution in [0, 0.1) is 0 Å². The number of hydrogen-bond acceptors (Lipinski definition) is 4. The van der Waals surface area contributed by atoms with Crippen LogP contribution < -0.4 is 5.32 Å². The van der Waals surface area contributed by atoms with Gasteiger partial charge in [-0.05, 0) is 11.4 Å². The molecule has 2 rings (SSSR count). The average molecular weight is 240 g/mol. The van der Waals surface area contributed by atoms with Crippen molar-refractivity contribution in [3.8, 4) is 0 Å². The van der Waals surface area contributed by atoms with Gasteiger partial charge in [-0.25, -0.2) is 4.79 Å². The number of amides is 2. The number of carbonyl (C=O) groups is 2. The molecule has 86 valence electrons. The Morgan fingerprint density at radius 2 is 2.56 bits per heavy atom. The molecule has 0 aliphatic carbocycles. The van der Waals surface area contributed by atoms with Crippen molar-refractivity contribution < 1.29 is 14.3 Å². The highest BCUT2D eigenvalue weighted by Crippen LogP contribution is 2.10. The molecule has 1 saturated heterocycles. The molecule has 6 heteroatoms. The second-order valence-corrected chi connectivity index (χ2v) is 4.52. The van der Waals surface area contributed by atoms with Gasteiger partial charge in [0.25, 0.3) is 5.91 Å². The summed E-state index contributed by atoms with van der Waals surface area (Å²) in [4.78, 5) is 24.8. The lowest BCUT2D eigenvalue weighted by molar-refractivity contribution is 0.0919. The van der Waals surface area contributed by atoms with Crippen molar-refractivity contribution in [1.82, 2.24) is 10.2 Å². The monoisotopic (exact) mass is 240 g/mol. The van der Waals surface area contributed by atoms with E-state index < -0.39 is 0 Å². The summed E-state index contributed by atoms with van der Waals surface area (Å²) in [6.07, 6.45) is -0.586. The molecule has 0 aromatic carbocycles. The summed E-state index contributed by atoms with van der Waals surface area (Å²) in [5, 5.41) is 4.58. The van der Waals surface area contributed by atoms with Gasteiger partial charge in [0.1, 0.15) is 6.10 Å². The lowest BCUT2D eigenvalue weighted by Gasteiger charge is -2.08. The first kappa shape index (κ1) is 10.9. The molecule has 1 aliphatic rings. The standard InChI is InChI=1S/C10H12N2O3S/c1-12-6-7(15-10(12)14)5-11-9(13)8-3-2-4-16-8/h2-4,7H,5-6H2,1H3,(H,11,13). The number of rotatable bonds is 3. The van der Waals surface area contributed by atoms with Crippen LogP contribution in [0.4, 0.5) is 4.79 Å². The number of thiophene rings is 1. The number of nitrogens with zero attached hydrogens (tertiary/aromatic N) is 1. The van der Waals surface area contributed by atoms with E-state index in [9.17, 15) is 9.59 Å². The van der Waals surface area contributed by atoms with E-state index in [1.54, 1.807) is 13.1 Å². The van der Waals surface area contributed by atoms with Gasteiger partial charge in [-0.2, -0.15) is 0 Å². The topological polar surface area (TPSA) is 58.6 Å². The maximum Gasteiger partial charge on any atom is 0.410 e. The summed E-state index contributed by atoms with van der Waals surface area (Å²) in [7, 11) is 1.67. The molecule has 1 N–H and O–H groups in total. The molecule has 1 fully saturated rings. The predicted molar refractivity (Wildman–Crippen MR) is 59.6 cm³/mol. The molecule has 1 aromatic heterocycles. The average Bonchev–Trinajstić information content (AvgIpc) is 2.86. The third kappa shape index (κ3) is 2.33. The van der Waals surface area contributed by atoms with Crippen LogP contribution in [-0.4, -0.2) is 43.1 Å². The van der Waals surface area contributed by atoms with Crippen LogP contribution in [-0.2, 0) is 4.74 Å². The molecule has 2 amide bonds. The van der Waals surface area contributed by atoms with Crippen LogP contribution in [0.5, 0.6) is 0 Å². The summed E-state index contributed by atoms with van der Waals surface area (Å²) in [5.41, 5.74) is 0. The Morgan fingerprint density at radius 3 is 3.12 bits per heavy atom. The molecular weight excluding hydrogens is 228 g/mol. The highest BCUT2D eigenvalue weighted by Gasteiger charge is 2.28. The van der Waals surface area contributed by atoms with Crippen molar-refractivity contribution in [3.05, 3.63) is 22.4 Å². The van der Waals surface area contributed by atoms with E-state index in [0.717, 1.165) is 0 Å². The van der Waals surface area contributed by atoms with Crippen LogP contribution in [0.25, 0.3) is 0 Å². The minimum Gasteiger partial charge on any atom is -0.442 e. The number of ether oxygens (including phenoxy) is 1. The van der Waals surface area contributed by atoms with E-state index in [1.807, 2.05) is 11.4 Å². The Bertz CT molecular complexity index is 391. The van der Waals surface area contributed by atoms with Crippen molar-refractivity contribution in [2.45, 2.75) is 6.10 Å². The zero-order valence-electron chi connectivity index (χ0n) is 8.80. The van der Waals surface area contributed by atoms with Crippen LogP contribution in [0.2, 0.25) is 0 Å². The van der Waals surface area contributed by atoms with Crippen LogP contribution in [0.1, 0.15) is 9.67 Å². The number of nitrogens with one attached hydrogen (secondary N) is 1. The van der Waals surface area contributed by atoms with Gasteiger partial charge in [-0.1, -0.05) is 6.07 Å². The second-order valence-electron chi connectivity index (χ2n) is 3.57. The summed E-state index contributed by atoms with van der Waals surface area (Å²) < 4.78 is 5.02. The molecule has 0 saturated carbocycles. The maximum absolute atomic E-state index is 11.6. The summed E-state index contributed by atoms with van der Waals surface area (Å²) in [6.45, 7) is 0.871. The molecule has 0 spiro atoms. The molecular formula is C10H12N2O3S. The molecule has 1 unspecified atom stereocenters. The fraction of sp³-hybridized carbons (Fsp3) is 0.400. The van der Waals surface area contributed by atoms with Crippen molar-refractivity contribution in [1.29, 1.82) is 0 Å². The highest BCUT2D eigenvalue weighted by molar-refractivity contribution is 7.12. The van der Waals surface area contributed by atoms with Gasteiger partial charge >= 0.3 is 6.09 Å². The summed E-state index contributed by atoms with van der Waals surface area (Å²) >= 11 is 1.38. The highest BCUT2D eigenvalue weighted by atomic mass is 32.1. The van der Waals surface area contributed by atoms with E-state index in [4.69, 9.17) is 4.74 Å². The Labute approximate surface area is 97.0 Å². The molecule has 0 bridgehead atoms. The normalized spacial score (nSPS) is 19.7. The Hall–Kier alpha value is -1.56. The minimum atomic E-state index is -0.338. The van der Waals surface area contributed by atoms with Gasteiger partial charge in [-0.3, -0.25) is 4.79 Å². The van der Waals surface area contributed by atoms with Crippen LogP contribution in [0.3, 0.4) is 0 Å². The molecule has 1 aromatic rings. The van der Waals surface area contributed by atoms with Crippen molar-refractivity contribution >= 4 is 23.3 Å². The van der Waals surface area contributed by atoms with Crippen LogP contribution in [0.15, 0.2) is 17.5 Å². The summed E-state index contributed by atoms with van der Waals surface area (Å²) in [5.74, 6) is -0.124. The largest absolute Gasteiger partial charge is 0.442 e. The van der Waals surface area contributed by atoms with Crippen molar-refractivity contribution in [3.63, 3.8) is 0 Å². The maximum atomic E-state index is 11.6. The smallest absolute Gasteiger partial charge is 0.410 e. The SMILES string of the molecule is CN1CC(CNC(=O)c2cccs2)OC1=O. The Kier molecular flexibility index (Phi) is 3.09. The van der Waals surface area contributed by atoms with E-state index in [0.29, 0.717) is 18.0 Å². The number of cyclic esters (lactones) is 1. The molecule has 1 aliphatic heterocycles. The predicted octanol–water partition coefficient (Wildman–Crippen LogP) is 0.928. The fourth-order valence-corrected chi connectivity index (χ4v) is 2.10. The lowest BCUT2D eigenvalue weighted by Crippen LogP contribution is -2.33. The lowest BCUT2D eigenvalue weighted by atomic mass is 10.3. The van der Waals surface area contributed by atoms with Gasteiger partial charge in [-0.15, -0.1) is 11.3 Å². The Balaban J connectivity index is 1.80. The quantitative estimate of drug-likeness (QED) is 0.855. The third-order valence-corrected chi connectivity index (χ3v) is 3.16. The minimum absolute atomic E-state index is 0.124. The van der Waals surface area contributed by atoms with Crippen molar-refractivity contribution in [2.75, 3.05) is 20.1 Å². The van der Waals surface area contributed by atoms with E-state index in [-0.39, 0.29) is 18.1 Å². The van der Waals surface area contributed by atoms with E-state index in [2.05, 4.69) is 5.32 Å². The first-order valence-electron chi connectivity index (χ1n) is 4.90. The van der Waals surface area contributed by atoms with Gasteiger partial charge in [0.15, 0.2) is 0 Å². The first-order valence-corrected chi connectivity index (χ1v) is 5.78. The zero-order chi connectivity index (χ0) is 11.5. The van der Waals surface area contributed by atoms with E-state index >= 15 is 0 Å². The van der Waals surface area contributed by atoms with E-state index in [1.165, 1.54) is 16.2 Å². The first-order chi connectivity index (χ1) is 7.66. The molecule has 5 nitrogen and oxygen atoms in total. The number of likely N-dealkylation sites (N-methyl/N-ethyl adjacent to an activating group) is 1. The van der Waals surface area contributed by atoms with Crippen LogP contribution >= 0.6 is 11.3 Å². The summed E-state index contributed by atoms with van der Waals surface area (Å²) in [6, 6.07) is 3.58. The third-order valence-electron chi connectivity index (χ3n) is 2.29. The van der Waals surface area contributed by atoms with Gasteiger partial charge in [0, 0.05) is 7.05 Å². The Morgan fingerprint density at radius 1 is 1.75 bits per heavy atom. The van der Waals surface area contributed by atoms with Gasteiger partial charge in [0.2, 0.25) is 0 Å². The second kappa shape index (κ2) is 4.52. The number of hydrogen-bond donors (Lipinski definition) is 1. The van der Waals surface area contributed by atoms with Gasteiger partial charge < -0.3 is 15.0 Å².